The summed E-state index contributed by atoms with van der Waals surface area (Å²) in [4.78, 5) is 4.30. The molecule has 0 amide bonds. The van der Waals surface area contributed by atoms with Crippen molar-refractivity contribution in [1.82, 2.24) is 4.98 Å². The van der Waals surface area contributed by atoms with Crippen LogP contribution in [0, 0.1) is 0 Å². The summed E-state index contributed by atoms with van der Waals surface area (Å²) >= 11 is 0. The zero-order valence-electron chi connectivity index (χ0n) is 16.3. The van der Waals surface area contributed by atoms with Gasteiger partial charge in [-0.05, 0) is 48.0 Å². The summed E-state index contributed by atoms with van der Waals surface area (Å²) < 4.78 is 5.39. The van der Waals surface area contributed by atoms with Gasteiger partial charge in [-0.1, -0.05) is 54.6 Å². The van der Waals surface area contributed by atoms with Crippen molar-refractivity contribution in [2.75, 3.05) is 7.11 Å². The summed E-state index contributed by atoms with van der Waals surface area (Å²) in [5.41, 5.74) is 1.23. The van der Waals surface area contributed by atoms with E-state index in [1.165, 1.54) is 21.5 Å². The number of nitrogens with zero attached hydrogens (tertiary/aromatic N) is 1. The largest absolute Gasteiger partial charge is 1.00 e. The van der Waals surface area contributed by atoms with Crippen molar-refractivity contribution in [3.8, 4) is 5.88 Å². The van der Waals surface area contributed by atoms with E-state index < -0.39 is 7.26 Å². The number of benzene rings is 3. The molecule has 0 atom stereocenters. The van der Waals surface area contributed by atoms with Crippen molar-refractivity contribution in [1.29, 1.82) is 0 Å². The van der Waals surface area contributed by atoms with Gasteiger partial charge in [0.2, 0.25) is 5.88 Å². The SMILES string of the molecule is COc1cc(C[P+](c2ccccc2)(c2ccccc2)c2ccccc2)ccn1.[Cl-]. The number of hydrogen-bond donors (Lipinski definition) is 0. The first-order valence-electron chi connectivity index (χ1n) is 9.37. The lowest BCUT2D eigenvalue weighted by Crippen LogP contribution is -3.00. The molecule has 3 aromatic carbocycles. The fourth-order valence-electron chi connectivity index (χ4n) is 3.70. The van der Waals surface area contributed by atoms with Crippen LogP contribution in [0.2, 0.25) is 0 Å². The van der Waals surface area contributed by atoms with E-state index in [0.717, 1.165) is 6.16 Å². The van der Waals surface area contributed by atoms with Gasteiger partial charge in [0.05, 0.1) is 13.3 Å². The maximum Gasteiger partial charge on any atom is 0.213 e. The van der Waals surface area contributed by atoms with Crippen LogP contribution in [0.5, 0.6) is 5.88 Å². The molecule has 4 aromatic rings. The Morgan fingerprint density at radius 3 is 1.55 bits per heavy atom. The van der Waals surface area contributed by atoms with Crippen LogP contribution in [-0.2, 0) is 6.16 Å². The van der Waals surface area contributed by atoms with Gasteiger partial charge in [0.15, 0.2) is 0 Å². The van der Waals surface area contributed by atoms with Gasteiger partial charge in [0.1, 0.15) is 23.2 Å². The number of aromatic nitrogens is 1. The van der Waals surface area contributed by atoms with Gasteiger partial charge >= 0.3 is 0 Å². The zero-order chi connectivity index (χ0) is 19.2. The summed E-state index contributed by atoms with van der Waals surface area (Å²) in [6.07, 6.45) is 2.76. The van der Waals surface area contributed by atoms with Crippen molar-refractivity contribution in [3.63, 3.8) is 0 Å². The quantitative estimate of drug-likeness (QED) is 0.443. The molecule has 0 radical (unpaired) electrons. The number of halogens is 1. The maximum atomic E-state index is 5.39. The predicted octanol–water partition coefficient (Wildman–Crippen LogP) is 1.59. The Kier molecular flexibility index (Phi) is 7.04. The first kappa shape index (κ1) is 21.0. The van der Waals surface area contributed by atoms with Crippen molar-refractivity contribution in [3.05, 3.63) is 115 Å². The molecule has 1 aromatic heterocycles. The van der Waals surface area contributed by atoms with Crippen LogP contribution in [0.15, 0.2) is 109 Å². The molecule has 0 bridgehead atoms. The van der Waals surface area contributed by atoms with Crippen LogP contribution in [0.1, 0.15) is 5.56 Å². The molecule has 1 heterocycles. The third-order valence-corrected chi connectivity index (χ3v) is 9.40. The molecule has 0 saturated heterocycles. The average Bonchev–Trinajstić information content (AvgIpc) is 2.79. The van der Waals surface area contributed by atoms with Crippen LogP contribution in [0.4, 0.5) is 0 Å². The second kappa shape index (κ2) is 9.69. The van der Waals surface area contributed by atoms with E-state index in [9.17, 15) is 0 Å². The highest BCUT2D eigenvalue weighted by atomic mass is 35.5. The third-order valence-electron chi connectivity index (χ3n) is 5.02. The lowest BCUT2D eigenvalue weighted by Gasteiger charge is -2.27. The lowest BCUT2D eigenvalue weighted by molar-refractivity contribution is -0.00000594. The first-order valence-corrected chi connectivity index (χ1v) is 11.3. The third kappa shape index (κ3) is 4.34. The Morgan fingerprint density at radius 2 is 1.14 bits per heavy atom. The number of ether oxygens (including phenoxy) is 1. The molecule has 0 aliphatic rings. The highest BCUT2D eigenvalue weighted by Crippen LogP contribution is 2.58. The highest BCUT2D eigenvalue weighted by molar-refractivity contribution is 7.95. The second-order valence-electron chi connectivity index (χ2n) is 6.68. The molecular weight excluding hydrogens is 397 g/mol. The molecule has 0 fully saturated rings. The second-order valence-corrected chi connectivity index (χ2v) is 10.2. The molecular formula is C25H23ClNOP. The van der Waals surface area contributed by atoms with Gasteiger partial charge in [-0.15, -0.1) is 0 Å². The van der Waals surface area contributed by atoms with Crippen LogP contribution in [0.25, 0.3) is 0 Å². The molecule has 0 unspecified atom stereocenters. The first-order chi connectivity index (χ1) is 13.8. The minimum absolute atomic E-state index is 0. The summed E-state index contributed by atoms with van der Waals surface area (Å²) in [5, 5.41) is 4.13. The van der Waals surface area contributed by atoms with Gasteiger partial charge in [0.25, 0.3) is 0 Å². The minimum Gasteiger partial charge on any atom is -1.00 e. The van der Waals surface area contributed by atoms with Crippen molar-refractivity contribution >= 4 is 23.2 Å². The van der Waals surface area contributed by atoms with Gasteiger partial charge in [-0.25, -0.2) is 4.98 Å². The van der Waals surface area contributed by atoms with E-state index in [0.29, 0.717) is 5.88 Å². The fourth-order valence-corrected chi connectivity index (χ4v) is 7.93. The minimum atomic E-state index is -1.89. The van der Waals surface area contributed by atoms with Gasteiger partial charge < -0.3 is 17.1 Å². The molecule has 0 aliphatic carbocycles. The molecule has 4 heteroatoms. The lowest BCUT2D eigenvalue weighted by atomic mass is 10.3. The van der Waals surface area contributed by atoms with Gasteiger partial charge in [-0.3, -0.25) is 0 Å². The zero-order valence-corrected chi connectivity index (χ0v) is 17.9. The molecule has 0 N–H and O–H groups in total. The van der Waals surface area contributed by atoms with E-state index in [4.69, 9.17) is 4.74 Å². The number of methoxy groups -OCH3 is 1. The molecule has 2 nitrogen and oxygen atoms in total. The Balaban J connectivity index is 0.00000240. The average molecular weight is 420 g/mol. The summed E-state index contributed by atoms with van der Waals surface area (Å²) in [6.45, 7) is 0. The molecule has 29 heavy (non-hydrogen) atoms. The van der Waals surface area contributed by atoms with Crippen molar-refractivity contribution in [2.45, 2.75) is 6.16 Å². The maximum absolute atomic E-state index is 5.39. The number of pyridine rings is 1. The van der Waals surface area contributed by atoms with Crippen LogP contribution in [0.3, 0.4) is 0 Å². The van der Waals surface area contributed by atoms with Gasteiger partial charge in [-0.2, -0.15) is 0 Å². The standard InChI is InChI=1S/C25H23NOP.ClH/c1-27-25-19-21(17-18-26-25)20-28(22-11-5-2-6-12-22,23-13-7-3-8-14-23)24-15-9-4-10-16-24;/h2-19H,20H2,1H3;1H/q+1;/p-1. The monoisotopic (exact) mass is 419 g/mol. The molecule has 0 saturated carbocycles. The Morgan fingerprint density at radius 1 is 0.690 bits per heavy atom. The highest BCUT2D eigenvalue weighted by Gasteiger charge is 2.45. The smallest absolute Gasteiger partial charge is 0.213 e. The van der Waals surface area contributed by atoms with Crippen molar-refractivity contribution in [2.24, 2.45) is 0 Å². The predicted molar refractivity (Wildman–Crippen MR) is 120 cm³/mol. The van der Waals surface area contributed by atoms with Crippen LogP contribution < -0.4 is 33.1 Å². The Hall–Kier alpha value is -2.67. The Bertz CT molecular complexity index is 929. The van der Waals surface area contributed by atoms with Crippen LogP contribution >= 0.6 is 7.26 Å². The van der Waals surface area contributed by atoms with E-state index in [1.807, 2.05) is 6.20 Å². The normalized spacial score (nSPS) is 10.8. The molecule has 0 aliphatic heterocycles. The molecule has 0 spiro atoms. The fraction of sp³-hybridized carbons (Fsp3) is 0.0800. The van der Waals surface area contributed by atoms with E-state index in [1.54, 1.807) is 7.11 Å². The number of rotatable bonds is 6. The van der Waals surface area contributed by atoms with E-state index >= 15 is 0 Å². The Labute approximate surface area is 179 Å². The number of hydrogen-bond acceptors (Lipinski definition) is 2. The molecule has 146 valence electrons. The summed E-state index contributed by atoms with van der Waals surface area (Å²) in [7, 11) is -0.222. The van der Waals surface area contributed by atoms with Crippen molar-refractivity contribution < 1.29 is 17.1 Å². The van der Waals surface area contributed by atoms with Crippen LogP contribution in [-0.4, -0.2) is 12.1 Å². The topological polar surface area (TPSA) is 22.1 Å². The summed E-state index contributed by atoms with van der Waals surface area (Å²) in [5.74, 6) is 0.657. The van der Waals surface area contributed by atoms with E-state index in [2.05, 4.69) is 108 Å². The summed E-state index contributed by atoms with van der Waals surface area (Å²) in [6, 6.07) is 36.9. The molecule has 4 rings (SSSR count). The van der Waals surface area contributed by atoms with E-state index in [-0.39, 0.29) is 12.4 Å². The van der Waals surface area contributed by atoms with Gasteiger partial charge in [0, 0.05) is 12.3 Å².